The van der Waals surface area contributed by atoms with E-state index in [0.29, 0.717) is 6.04 Å². The van der Waals surface area contributed by atoms with Crippen LogP contribution < -0.4 is 5.32 Å². The molecule has 0 aliphatic carbocycles. The lowest BCUT2D eigenvalue weighted by Gasteiger charge is -2.32. The van der Waals surface area contributed by atoms with E-state index in [9.17, 15) is 0 Å². The molecule has 1 atom stereocenters. The minimum absolute atomic E-state index is 0.697. The number of rotatable bonds is 3. The molecule has 3 heteroatoms. The van der Waals surface area contributed by atoms with Crippen LogP contribution in [-0.4, -0.2) is 31.1 Å². The maximum absolute atomic E-state index is 3.60. The summed E-state index contributed by atoms with van der Waals surface area (Å²) in [6.07, 6.45) is 4.06. The number of hydrogen-bond donors (Lipinski definition) is 1. The summed E-state index contributed by atoms with van der Waals surface area (Å²) in [4.78, 5) is 2.48. The lowest BCUT2D eigenvalue weighted by molar-refractivity contribution is 0.194. The molecular weight excluding hydrogens is 323 g/mol. The lowest BCUT2D eigenvalue weighted by atomic mass is 10.0. The minimum Gasteiger partial charge on any atom is -0.383 e. The smallest absolute Gasteiger partial charge is 0.0371 e. The molecule has 0 amide bonds. The molecule has 1 aromatic rings. The fourth-order valence-electron chi connectivity index (χ4n) is 2.46. The Morgan fingerprint density at radius 3 is 2.94 bits per heavy atom. The van der Waals surface area contributed by atoms with Crippen molar-refractivity contribution in [1.82, 2.24) is 4.90 Å². The second kappa shape index (κ2) is 6.05. The average molecular weight is 344 g/mol. The third-order valence-corrected chi connectivity index (χ3v) is 4.31. The molecule has 1 aromatic carbocycles. The van der Waals surface area contributed by atoms with Gasteiger partial charge in [0.25, 0.3) is 0 Å². The van der Waals surface area contributed by atoms with Crippen molar-refractivity contribution < 1.29 is 0 Å². The Labute approximate surface area is 118 Å². The number of likely N-dealkylation sites (tertiary alicyclic amines) is 1. The molecule has 0 spiro atoms. The third kappa shape index (κ3) is 3.58. The number of aryl methyl sites for hydroxylation is 1. The highest BCUT2D eigenvalue weighted by atomic mass is 127. The van der Waals surface area contributed by atoms with Crippen LogP contribution in [0.2, 0.25) is 0 Å². The van der Waals surface area contributed by atoms with Crippen molar-refractivity contribution >= 4 is 28.3 Å². The van der Waals surface area contributed by atoms with Gasteiger partial charge >= 0.3 is 0 Å². The molecule has 2 rings (SSSR count). The highest BCUT2D eigenvalue weighted by Gasteiger charge is 2.18. The van der Waals surface area contributed by atoms with Gasteiger partial charge in [-0.25, -0.2) is 0 Å². The monoisotopic (exact) mass is 344 g/mol. The zero-order chi connectivity index (χ0) is 12.3. The van der Waals surface area contributed by atoms with Crippen molar-refractivity contribution in [3.63, 3.8) is 0 Å². The summed E-state index contributed by atoms with van der Waals surface area (Å²) in [6.45, 7) is 4.49. The van der Waals surface area contributed by atoms with E-state index in [1.807, 2.05) is 0 Å². The van der Waals surface area contributed by atoms with Crippen molar-refractivity contribution in [3.05, 3.63) is 27.3 Å². The van der Waals surface area contributed by atoms with Crippen LogP contribution in [0.1, 0.15) is 24.8 Å². The van der Waals surface area contributed by atoms with Crippen LogP contribution in [0, 0.1) is 10.5 Å². The van der Waals surface area contributed by atoms with E-state index >= 15 is 0 Å². The number of hydrogen-bond acceptors (Lipinski definition) is 2. The molecule has 17 heavy (non-hydrogen) atoms. The van der Waals surface area contributed by atoms with E-state index < -0.39 is 0 Å². The van der Waals surface area contributed by atoms with Crippen LogP contribution in [0.4, 0.5) is 5.69 Å². The van der Waals surface area contributed by atoms with E-state index in [1.54, 1.807) is 0 Å². The van der Waals surface area contributed by atoms with Crippen LogP contribution in [0.25, 0.3) is 0 Å². The van der Waals surface area contributed by atoms with E-state index in [2.05, 4.69) is 65.0 Å². The first kappa shape index (κ1) is 13.1. The molecular formula is C14H21IN2. The SMILES string of the molecule is Cc1cc(I)ccc1NCC1CCCCN1C. The molecule has 1 heterocycles. The Balaban J connectivity index is 1.92. The quantitative estimate of drug-likeness (QED) is 0.845. The molecule has 0 saturated carbocycles. The number of anilines is 1. The summed E-state index contributed by atoms with van der Waals surface area (Å²) in [5.41, 5.74) is 2.62. The molecule has 0 bridgehead atoms. The molecule has 1 fully saturated rings. The first-order valence-corrected chi connectivity index (χ1v) is 7.45. The molecule has 94 valence electrons. The second-order valence-electron chi connectivity index (χ2n) is 4.97. The maximum Gasteiger partial charge on any atom is 0.0371 e. The summed E-state index contributed by atoms with van der Waals surface area (Å²) in [5.74, 6) is 0. The van der Waals surface area contributed by atoms with Crippen LogP contribution in [0.5, 0.6) is 0 Å². The Morgan fingerprint density at radius 1 is 1.41 bits per heavy atom. The van der Waals surface area contributed by atoms with Gasteiger partial charge in [0.1, 0.15) is 0 Å². The molecule has 1 N–H and O–H groups in total. The molecule has 1 aliphatic heterocycles. The fourth-order valence-corrected chi connectivity index (χ4v) is 3.10. The first-order chi connectivity index (χ1) is 8.16. The van der Waals surface area contributed by atoms with E-state index in [1.165, 1.54) is 40.6 Å². The first-order valence-electron chi connectivity index (χ1n) is 6.37. The normalized spacial score (nSPS) is 21.5. The predicted octanol–water partition coefficient (Wildman–Crippen LogP) is 3.50. The van der Waals surface area contributed by atoms with Gasteiger partial charge in [0.2, 0.25) is 0 Å². The summed E-state index contributed by atoms with van der Waals surface area (Å²) >= 11 is 2.36. The Morgan fingerprint density at radius 2 is 2.24 bits per heavy atom. The van der Waals surface area contributed by atoms with Crippen LogP contribution in [-0.2, 0) is 0 Å². The molecule has 1 aliphatic rings. The fraction of sp³-hybridized carbons (Fsp3) is 0.571. The standard InChI is InChI=1S/C14H21IN2/c1-11-9-12(15)6-7-14(11)16-10-13-5-3-4-8-17(13)2/h6-7,9,13,16H,3-5,8,10H2,1-2H3. The van der Waals surface area contributed by atoms with Gasteiger partial charge in [-0.3, -0.25) is 0 Å². The van der Waals surface area contributed by atoms with Crippen LogP contribution >= 0.6 is 22.6 Å². The van der Waals surface area contributed by atoms with Gasteiger partial charge in [-0.1, -0.05) is 6.42 Å². The van der Waals surface area contributed by atoms with E-state index in [-0.39, 0.29) is 0 Å². The number of nitrogens with one attached hydrogen (secondary N) is 1. The number of halogens is 1. The van der Waals surface area contributed by atoms with Gasteiger partial charge < -0.3 is 10.2 Å². The minimum atomic E-state index is 0.697. The molecule has 0 radical (unpaired) electrons. The average Bonchev–Trinajstić information content (AvgIpc) is 2.30. The number of piperidine rings is 1. The number of likely N-dealkylation sites (N-methyl/N-ethyl adjacent to an activating group) is 1. The molecule has 0 aromatic heterocycles. The van der Waals surface area contributed by atoms with Crippen molar-refractivity contribution in [2.45, 2.75) is 32.2 Å². The van der Waals surface area contributed by atoms with Crippen molar-refractivity contribution in [2.24, 2.45) is 0 Å². The zero-order valence-corrected chi connectivity index (χ0v) is 12.8. The Hall–Kier alpha value is -0.290. The van der Waals surface area contributed by atoms with Crippen molar-refractivity contribution in [1.29, 1.82) is 0 Å². The van der Waals surface area contributed by atoms with Gasteiger partial charge in [-0.15, -0.1) is 0 Å². The maximum atomic E-state index is 3.60. The van der Waals surface area contributed by atoms with Gasteiger partial charge in [0, 0.05) is 21.8 Å². The predicted molar refractivity (Wildman–Crippen MR) is 82.7 cm³/mol. The van der Waals surface area contributed by atoms with Crippen LogP contribution in [0.15, 0.2) is 18.2 Å². The van der Waals surface area contributed by atoms with Crippen LogP contribution in [0.3, 0.4) is 0 Å². The number of benzene rings is 1. The lowest BCUT2D eigenvalue weighted by Crippen LogP contribution is -2.40. The Kier molecular flexibility index (Phi) is 4.68. The van der Waals surface area contributed by atoms with E-state index in [0.717, 1.165) is 6.54 Å². The van der Waals surface area contributed by atoms with E-state index in [4.69, 9.17) is 0 Å². The topological polar surface area (TPSA) is 15.3 Å². The van der Waals surface area contributed by atoms with Gasteiger partial charge in [-0.05, 0) is 79.7 Å². The summed E-state index contributed by atoms with van der Waals surface area (Å²) in [6, 6.07) is 7.29. The highest BCUT2D eigenvalue weighted by Crippen LogP contribution is 2.20. The van der Waals surface area contributed by atoms with Gasteiger partial charge in [0.15, 0.2) is 0 Å². The van der Waals surface area contributed by atoms with Crippen molar-refractivity contribution in [2.75, 3.05) is 25.5 Å². The third-order valence-electron chi connectivity index (χ3n) is 3.64. The molecule has 1 unspecified atom stereocenters. The largest absolute Gasteiger partial charge is 0.383 e. The van der Waals surface area contributed by atoms with Crippen molar-refractivity contribution in [3.8, 4) is 0 Å². The summed E-state index contributed by atoms with van der Waals surface area (Å²) in [7, 11) is 2.24. The highest BCUT2D eigenvalue weighted by molar-refractivity contribution is 14.1. The summed E-state index contributed by atoms with van der Waals surface area (Å²) in [5, 5.41) is 3.60. The zero-order valence-electron chi connectivity index (χ0n) is 10.7. The molecule has 1 saturated heterocycles. The summed E-state index contributed by atoms with van der Waals surface area (Å²) < 4.78 is 1.31. The van der Waals surface area contributed by atoms with Gasteiger partial charge in [0.05, 0.1) is 0 Å². The van der Waals surface area contributed by atoms with Gasteiger partial charge in [-0.2, -0.15) is 0 Å². The number of nitrogens with zero attached hydrogens (tertiary/aromatic N) is 1. The Bertz CT molecular complexity index is 378. The molecule has 2 nitrogen and oxygen atoms in total. The second-order valence-corrected chi connectivity index (χ2v) is 6.22.